The van der Waals surface area contributed by atoms with E-state index in [1.54, 1.807) is 6.92 Å². The summed E-state index contributed by atoms with van der Waals surface area (Å²) in [6.07, 6.45) is -1.11. The van der Waals surface area contributed by atoms with Crippen LogP contribution in [0.2, 0.25) is 0 Å². The van der Waals surface area contributed by atoms with Crippen LogP contribution in [0.15, 0.2) is 18.2 Å². The van der Waals surface area contributed by atoms with E-state index in [2.05, 4.69) is 4.74 Å². The van der Waals surface area contributed by atoms with Crippen LogP contribution >= 0.6 is 0 Å². The molecule has 0 fully saturated rings. The molecule has 4 nitrogen and oxygen atoms in total. The largest absolute Gasteiger partial charge is 0.469 e. The number of esters is 1. The van der Waals surface area contributed by atoms with Crippen LogP contribution in [0.4, 0.5) is 4.39 Å². The van der Waals surface area contributed by atoms with Crippen molar-refractivity contribution in [3.8, 4) is 0 Å². The van der Waals surface area contributed by atoms with Gasteiger partial charge in [-0.2, -0.15) is 0 Å². The van der Waals surface area contributed by atoms with Gasteiger partial charge in [-0.05, 0) is 24.1 Å². The van der Waals surface area contributed by atoms with E-state index in [0.29, 0.717) is 11.1 Å². The Morgan fingerprint density at radius 2 is 2.24 bits per heavy atom. The van der Waals surface area contributed by atoms with E-state index in [0.717, 1.165) is 0 Å². The van der Waals surface area contributed by atoms with Crippen LogP contribution in [0.3, 0.4) is 0 Å². The molecule has 0 aliphatic heterocycles. The second-order valence-corrected chi connectivity index (χ2v) is 3.90. The molecule has 2 unspecified atom stereocenters. The van der Waals surface area contributed by atoms with Gasteiger partial charge in [0.05, 0.1) is 19.6 Å². The van der Waals surface area contributed by atoms with Crippen molar-refractivity contribution in [2.45, 2.75) is 25.5 Å². The molecule has 1 rings (SSSR count). The summed E-state index contributed by atoms with van der Waals surface area (Å²) in [5, 5.41) is 9.89. The highest BCUT2D eigenvalue weighted by Gasteiger charge is 2.20. The lowest BCUT2D eigenvalue weighted by atomic mass is 9.99. The van der Waals surface area contributed by atoms with Crippen LogP contribution in [-0.4, -0.2) is 24.2 Å². The lowest BCUT2D eigenvalue weighted by Crippen LogP contribution is -2.31. The fourth-order valence-electron chi connectivity index (χ4n) is 1.49. The van der Waals surface area contributed by atoms with Crippen molar-refractivity contribution < 1.29 is 19.0 Å². The van der Waals surface area contributed by atoms with Crippen molar-refractivity contribution in [3.05, 3.63) is 35.1 Å². The molecule has 94 valence electrons. The summed E-state index contributed by atoms with van der Waals surface area (Å²) in [6, 6.07) is 3.45. The van der Waals surface area contributed by atoms with Gasteiger partial charge in [-0.25, -0.2) is 4.39 Å². The molecular weight excluding hydrogens is 225 g/mol. The number of nitrogens with two attached hydrogens (primary N) is 1. The second-order valence-electron chi connectivity index (χ2n) is 3.90. The fraction of sp³-hybridized carbons (Fsp3) is 0.417. The molecule has 3 N–H and O–H groups in total. The molecule has 0 saturated carbocycles. The summed E-state index contributed by atoms with van der Waals surface area (Å²) >= 11 is 0. The Morgan fingerprint density at radius 3 is 2.76 bits per heavy atom. The van der Waals surface area contributed by atoms with Crippen LogP contribution in [0.25, 0.3) is 0 Å². The summed E-state index contributed by atoms with van der Waals surface area (Å²) in [7, 11) is 1.25. The molecule has 0 bridgehead atoms. The van der Waals surface area contributed by atoms with Crippen molar-refractivity contribution in [1.29, 1.82) is 0 Å². The number of aliphatic hydroxyl groups excluding tert-OH is 1. The van der Waals surface area contributed by atoms with Crippen LogP contribution in [-0.2, 0) is 9.53 Å². The molecule has 1 aromatic carbocycles. The van der Waals surface area contributed by atoms with Crippen molar-refractivity contribution in [2.75, 3.05) is 7.11 Å². The third-order valence-corrected chi connectivity index (χ3v) is 2.56. The van der Waals surface area contributed by atoms with Gasteiger partial charge in [0.15, 0.2) is 0 Å². The lowest BCUT2D eigenvalue weighted by Gasteiger charge is -2.18. The van der Waals surface area contributed by atoms with Gasteiger partial charge < -0.3 is 15.6 Å². The molecule has 0 heterocycles. The zero-order valence-corrected chi connectivity index (χ0v) is 9.81. The summed E-state index contributed by atoms with van der Waals surface area (Å²) in [5.41, 5.74) is 6.58. The van der Waals surface area contributed by atoms with Gasteiger partial charge in [0, 0.05) is 6.04 Å². The minimum atomic E-state index is -1.02. The van der Waals surface area contributed by atoms with Crippen LogP contribution in [0.5, 0.6) is 0 Å². The Morgan fingerprint density at radius 1 is 1.59 bits per heavy atom. The van der Waals surface area contributed by atoms with Crippen molar-refractivity contribution in [3.63, 3.8) is 0 Å². The number of aliphatic hydroxyl groups is 1. The Kier molecular flexibility index (Phi) is 4.60. The van der Waals surface area contributed by atoms with Crippen LogP contribution < -0.4 is 5.73 Å². The van der Waals surface area contributed by atoms with Gasteiger partial charge >= 0.3 is 5.97 Å². The maximum absolute atomic E-state index is 13.0. The second kappa shape index (κ2) is 5.75. The first-order chi connectivity index (χ1) is 7.95. The van der Waals surface area contributed by atoms with Gasteiger partial charge in [0.2, 0.25) is 0 Å². The highest BCUT2D eigenvalue weighted by atomic mass is 19.1. The highest BCUT2D eigenvalue weighted by molar-refractivity contribution is 5.70. The average molecular weight is 241 g/mol. The van der Waals surface area contributed by atoms with Gasteiger partial charge in [0.25, 0.3) is 0 Å². The number of carbonyl (C=O) groups is 1. The smallest absolute Gasteiger partial charge is 0.307 e. The van der Waals surface area contributed by atoms with Gasteiger partial charge in [-0.1, -0.05) is 12.1 Å². The normalized spacial score (nSPS) is 14.2. The molecule has 5 heteroatoms. The molecule has 0 aliphatic carbocycles. The number of benzene rings is 1. The fourth-order valence-corrected chi connectivity index (χ4v) is 1.49. The van der Waals surface area contributed by atoms with Crippen molar-refractivity contribution in [2.24, 2.45) is 5.73 Å². The minimum Gasteiger partial charge on any atom is -0.469 e. The van der Waals surface area contributed by atoms with Gasteiger partial charge in [-0.3, -0.25) is 4.79 Å². The molecule has 0 amide bonds. The van der Waals surface area contributed by atoms with E-state index >= 15 is 0 Å². The maximum Gasteiger partial charge on any atom is 0.307 e. The number of carbonyl (C=O) groups excluding carboxylic acids is 1. The first kappa shape index (κ1) is 13.6. The third kappa shape index (κ3) is 3.51. The van der Waals surface area contributed by atoms with E-state index in [1.165, 1.54) is 25.3 Å². The topological polar surface area (TPSA) is 72.5 Å². The molecule has 0 aromatic heterocycles. The Labute approximate surface area is 99.2 Å². The van der Waals surface area contributed by atoms with Gasteiger partial charge in [-0.15, -0.1) is 0 Å². The number of methoxy groups -OCH3 is 1. The number of halogens is 1. The van der Waals surface area contributed by atoms with Crippen molar-refractivity contribution >= 4 is 5.97 Å². The zero-order chi connectivity index (χ0) is 13.0. The standard InChI is InChI=1S/C12H16FNO3/c1-7-5-8(3-4-9(7)13)12(16)10(14)6-11(15)17-2/h3-5,10,12,16H,6,14H2,1-2H3. The first-order valence-corrected chi connectivity index (χ1v) is 5.22. The predicted molar refractivity (Wildman–Crippen MR) is 60.7 cm³/mol. The number of rotatable bonds is 4. The summed E-state index contributed by atoms with van der Waals surface area (Å²) in [6.45, 7) is 1.59. The Bertz CT molecular complexity index is 409. The van der Waals surface area contributed by atoms with Crippen LogP contribution in [0.1, 0.15) is 23.7 Å². The van der Waals surface area contributed by atoms with E-state index < -0.39 is 18.1 Å². The number of hydrogen-bond donors (Lipinski definition) is 2. The molecule has 0 spiro atoms. The zero-order valence-electron chi connectivity index (χ0n) is 9.81. The lowest BCUT2D eigenvalue weighted by molar-refractivity contribution is -0.141. The first-order valence-electron chi connectivity index (χ1n) is 5.22. The number of aryl methyl sites for hydroxylation is 1. The van der Waals surface area contributed by atoms with Crippen LogP contribution in [0, 0.1) is 12.7 Å². The monoisotopic (exact) mass is 241 g/mol. The molecule has 0 radical (unpaired) electrons. The average Bonchev–Trinajstić information content (AvgIpc) is 2.31. The molecular formula is C12H16FNO3. The Hall–Kier alpha value is -1.46. The summed E-state index contributed by atoms with van der Waals surface area (Å²) in [5.74, 6) is -0.835. The maximum atomic E-state index is 13.0. The highest BCUT2D eigenvalue weighted by Crippen LogP contribution is 2.20. The van der Waals surface area contributed by atoms with E-state index in [9.17, 15) is 14.3 Å². The summed E-state index contributed by atoms with van der Waals surface area (Å²) < 4.78 is 17.5. The quantitative estimate of drug-likeness (QED) is 0.773. The number of hydrogen-bond acceptors (Lipinski definition) is 4. The molecule has 17 heavy (non-hydrogen) atoms. The van der Waals surface area contributed by atoms with E-state index in [-0.39, 0.29) is 12.2 Å². The molecule has 2 atom stereocenters. The minimum absolute atomic E-state index is 0.0892. The molecule has 1 aromatic rings. The summed E-state index contributed by atoms with van der Waals surface area (Å²) in [4.78, 5) is 11.0. The van der Waals surface area contributed by atoms with E-state index in [1.807, 2.05) is 0 Å². The number of ether oxygens (including phenoxy) is 1. The molecule has 0 saturated heterocycles. The predicted octanol–water partition coefficient (Wildman–Crippen LogP) is 1.06. The third-order valence-electron chi connectivity index (χ3n) is 2.56. The van der Waals surface area contributed by atoms with Gasteiger partial charge in [0.1, 0.15) is 5.82 Å². The SMILES string of the molecule is COC(=O)CC(N)C(O)c1ccc(F)c(C)c1. The van der Waals surface area contributed by atoms with E-state index in [4.69, 9.17) is 5.73 Å². The Balaban J connectivity index is 2.77. The van der Waals surface area contributed by atoms with Crippen molar-refractivity contribution in [1.82, 2.24) is 0 Å². The molecule has 0 aliphatic rings.